The van der Waals surface area contributed by atoms with Crippen LogP contribution in [-0.2, 0) is 4.79 Å². The van der Waals surface area contributed by atoms with Gasteiger partial charge in [0.25, 0.3) is 0 Å². The number of hydrogen-bond acceptors (Lipinski definition) is 4. The van der Waals surface area contributed by atoms with Crippen LogP contribution in [0.4, 0.5) is 13.2 Å². The molecule has 2 atom stereocenters. The minimum atomic E-state index is -4.61. The third-order valence-corrected chi connectivity index (χ3v) is 5.75. The molecule has 2 heterocycles. The summed E-state index contributed by atoms with van der Waals surface area (Å²) in [5.41, 5.74) is 8.55. The van der Waals surface area contributed by atoms with Crippen molar-refractivity contribution in [1.82, 2.24) is 10.6 Å². The molecule has 1 unspecified atom stereocenters. The fourth-order valence-corrected chi connectivity index (χ4v) is 4.19. The number of amides is 1. The zero-order valence-corrected chi connectivity index (χ0v) is 17.9. The highest BCUT2D eigenvalue weighted by atomic mass is 19.4. The number of hydrogen-bond donors (Lipinski definition) is 3. The second kappa shape index (κ2) is 8.60. The van der Waals surface area contributed by atoms with E-state index in [1.165, 1.54) is 17.7 Å². The van der Waals surface area contributed by atoms with Gasteiger partial charge < -0.3 is 15.5 Å². The highest BCUT2D eigenvalue weighted by molar-refractivity contribution is 6.06. The summed E-state index contributed by atoms with van der Waals surface area (Å²) >= 11 is 0. The van der Waals surface area contributed by atoms with Crippen LogP contribution < -0.4 is 16.4 Å². The van der Waals surface area contributed by atoms with Crippen molar-refractivity contribution in [2.24, 2.45) is 11.7 Å². The first kappa shape index (κ1) is 22.4. The lowest BCUT2D eigenvalue weighted by molar-refractivity contribution is -0.160. The van der Waals surface area contributed by atoms with Crippen molar-refractivity contribution in [2.45, 2.75) is 38.5 Å². The predicted molar refractivity (Wildman–Crippen MR) is 119 cm³/mol. The standard InChI is InChI=1S/C24H26F3N3O2/c1-13(2)9-19(23(28)31)30-22(24(25,26)27)15-3-5-17-18-10-14(16-7-8-29-12-16)4-6-20(18)32-21(17)11-15/h3-7,10-11,13,19,22,29-30H,8-9,12H2,1-2H3,(H2,28,31)/t19?,22-/m0/s1. The summed E-state index contributed by atoms with van der Waals surface area (Å²) in [6, 6.07) is 7.13. The van der Waals surface area contributed by atoms with Crippen LogP contribution in [0, 0.1) is 5.92 Å². The Bertz CT molecular complexity index is 1180. The molecule has 0 saturated heterocycles. The maximum atomic E-state index is 13.9. The molecule has 4 N–H and O–H groups in total. The average molecular weight is 445 g/mol. The number of carbonyl (C=O) groups is 1. The van der Waals surface area contributed by atoms with Gasteiger partial charge in [0.2, 0.25) is 5.91 Å². The van der Waals surface area contributed by atoms with Crippen molar-refractivity contribution in [3.05, 3.63) is 53.6 Å². The molecule has 2 aromatic carbocycles. The number of fused-ring (bicyclic) bond motifs is 3. The number of furan rings is 1. The third-order valence-electron chi connectivity index (χ3n) is 5.75. The van der Waals surface area contributed by atoms with E-state index in [1.807, 2.05) is 32.0 Å². The summed E-state index contributed by atoms with van der Waals surface area (Å²) < 4.78 is 47.7. The Kier molecular flexibility index (Phi) is 6.01. The summed E-state index contributed by atoms with van der Waals surface area (Å²) in [5, 5.41) is 7.28. The smallest absolute Gasteiger partial charge is 0.407 e. The monoisotopic (exact) mass is 445 g/mol. The Morgan fingerprint density at radius 2 is 1.94 bits per heavy atom. The molecule has 0 spiro atoms. The van der Waals surface area contributed by atoms with Crippen molar-refractivity contribution in [2.75, 3.05) is 13.1 Å². The van der Waals surface area contributed by atoms with Gasteiger partial charge in [0.1, 0.15) is 17.2 Å². The molecule has 170 valence electrons. The molecule has 4 rings (SSSR count). The second-order valence-corrected chi connectivity index (χ2v) is 8.65. The van der Waals surface area contributed by atoms with Crippen molar-refractivity contribution in [3.63, 3.8) is 0 Å². The van der Waals surface area contributed by atoms with Gasteiger partial charge in [-0.2, -0.15) is 13.2 Å². The Balaban J connectivity index is 1.72. The van der Waals surface area contributed by atoms with E-state index in [1.54, 1.807) is 6.07 Å². The molecule has 1 aliphatic heterocycles. The normalized spacial score (nSPS) is 16.6. The number of alkyl halides is 3. The highest BCUT2D eigenvalue weighted by Gasteiger charge is 2.43. The fraction of sp³-hybridized carbons (Fsp3) is 0.375. The molecule has 0 aliphatic carbocycles. The van der Waals surface area contributed by atoms with Gasteiger partial charge in [-0.25, -0.2) is 0 Å². The van der Waals surface area contributed by atoms with Crippen LogP contribution >= 0.6 is 0 Å². The lowest BCUT2D eigenvalue weighted by Crippen LogP contribution is -2.47. The summed E-state index contributed by atoms with van der Waals surface area (Å²) in [5.74, 6) is -0.799. The Morgan fingerprint density at radius 1 is 1.16 bits per heavy atom. The number of nitrogens with one attached hydrogen (secondary N) is 2. The highest BCUT2D eigenvalue weighted by Crippen LogP contribution is 2.37. The first-order valence-electron chi connectivity index (χ1n) is 10.6. The molecule has 1 amide bonds. The van der Waals surface area contributed by atoms with E-state index in [4.69, 9.17) is 10.2 Å². The topological polar surface area (TPSA) is 80.3 Å². The maximum Gasteiger partial charge on any atom is 0.407 e. The van der Waals surface area contributed by atoms with E-state index in [-0.39, 0.29) is 17.9 Å². The lowest BCUT2D eigenvalue weighted by atomic mass is 9.98. The second-order valence-electron chi connectivity index (χ2n) is 8.65. The number of carbonyl (C=O) groups excluding carboxylic acids is 1. The molecule has 0 saturated carbocycles. The van der Waals surface area contributed by atoms with E-state index in [9.17, 15) is 18.0 Å². The van der Waals surface area contributed by atoms with Crippen molar-refractivity contribution in [1.29, 1.82) is 0 Å². The molecule has 0 bridgehead atoms. The van der Waals surface area contributed by atoms with Gasteiger partial charge in [0.15, 0.2) is 0 Å². The minimum Gasteiger partial charge on any atom is -0.456 e. The largest absolute Gasteiger partial charge is 0.456 e. The van der Waals surface area contributed by atoms with Gasteiger partial charge in [-0.1, -0.05) is 38.1 Å². The SMILES string of the molecule is CC(C)CC(N[C@@H](c1ccc2c(c1)oc1ccc(C3=CCNC3)cc12)C(F)(F)F)C(N)=O. The summed E-state index contributed by atoms with van der Waals surface area (Å²) in [4.78, 5) is 11.8. The van der Waals surface area contributed by atoms with E-state index in [0.717, 1.165) is 29.4 Å². The van der Waals surface area contributed by atoms with Crippen LogP contribution in [0.15, 0.2) is 46.9 Å². The minimum absolute atomic E-state index is 0.00566. The van der Waals surface area contributed by atoms with E-state index in [0.29, 0.717) is 11.2 Å². The average Bonchev–Trinajstić information content (AvgIpc) is 3.36. The van der Waals surface area contributed by atoms with Crippen molar-refractivity contribution >= 4 is 33.4 Å². The van der Waals surface area contributed by atoms with Crippen LogP contribution in [0.2, 0.25) is 0 Å². The Morgan fingerprint density at radius 3 is 2.56 bits per heavy atom. The number of primary amides is 1. The van der Waals surface area contributed by atoms with E-state index >= 15 is 0 Å². The first-order chi connectivity index (χ1) is 15.1. The molecule has 0 fully saturated rings. The first-order valence-corrected chi connectivity index (χ1v) is 10.6. The fourth-order valence-electron chi connectivity index (χ4n) is 4.19. The molecular formula is C24H26F3N3O2. The van der Waals surface area contributed by atoms with Crippen LogP contribution in [0.1, 0.15) is 37.4 Å². The van der Waals surface area contributed by atoms with Gasteiger partial charge in [0, 0.05) is 23.9 Å². The maximum absolute atomic E-state index is 13.9. The van der Waals surface area contributed by atoms with Crippen molar-refractivity contribution in [3.8, 4) is 0 Å². The molecule has 8 heteroatoms. The van der Waals surface area contributed by atoms with Crippen LogP contribution in [0.25, 0.3) is 27.5 Å². The Labute approximate surface area is 183 Å². The summed E-state index contributed by atoms with van der Waals surface area (Å²) in [7, 11) is 0. The molecule has 0 radical (unpaired) electrons. The van der Waals surface area contributed by atoms with Gasteiger partial charge in [-0.3, -0.25) is 10.1 Å². The summed E-state index contributed by atoms with van der Waals surface area (Å²) in [6.45, 7) is 5.25. The summed E-state index contributed by atoms with van der Waals surface area (Å²) in [6.07, 6.45) is -2.28. The number of rotatable bonds is 7. The van der Waals surface area contributed by atoms with Gasteiger partial charge in [-0.05, 0) is 47.2 Å². The molecule has 1 aromatic heterocycles. The molecule has 3 aromatic rings. The molecule has 5 nitrogen and oxygen atoms in total. The van der Waals surface area contributed by atoms with Crippen LogP contribution in [0.3, 0.4) is 0 Å². The van der Waals surface area contributed by atoms with Crippen molar-refractivity contribution < 1.29 is 22.4 Å². The van der Waals surface area contributed by atoms with Crippen LogP contribution in [-0.4, -0.2) is 31.2 Å². The zero-order chi connectivity index (χ0) is 23.0. The molecular weight excluding hydrogens is 419 g/mol. The number of benzene rings is 2. The van der Waals surface area contributed by atoms with E-state index in [2.05, 4.69) is 16.7 Å². The zero-order valence-electron chi connectivity index (χ0n) is 17.9. The van der Waals surface area contributed by atoms with Crippen LogP contribution in [0.5, 0.6) is 0 Å². The Hall–Kier alpha value is -2.84. The third kappa shape index (κ3) is 4.52. The number of nitrogens with two attached hydrogens (primary N) is 1. The quantitative estimate of drug-likeness (QED) is 0.494. The van der Waals surface area contributed by atoms with Gasteiger partial charge >= 0.3 is 6.18 Å². The lowest BCUT2D eigenvalue weighted by Gasteiger charge is -2.27. The van der Waals surface area contributed by atoms with Gasteiger partial charge in [-0.15, -0.1) is 0 Å². The van der Waals surface area contributed by atoms with Gasteiger partial charge in [0.05, 0.1) is 6.04 Å². The molecule has 1 aliphatic rings. The predicted octanol–water partition coefficient (Wildman–Crippen LogP) is 4.67. The molecule has 32 heavy (non-hydrogen) atoms. The number of halogens is 3. The van der Waals surface area contributed by atoms with E-state index < -0.39 is 24.2 Å².